The number of nitrogens with zero attached hydrogens (tertiary/aromatic N) is 2. The van der Waals surface area contributed by atoms with E-state index in [1.165, 1.54) is 6.26 Å². The molecule has 1 aromatic rings. The maximum atomic E-state index is 11.0. The fourth-order valence-corrected chi connectivity index (χ4v) is 2.29. The molecule has 1 N–H and O–H groups in total. The lowest BCUT2D eigenvalue weighted by molar-refractivity contribution is 0.602. The van der Waals surface area contributed by atoms with Gasteiger partial charge in [-0.3, -0.25) is 0 Å². The molecule has 0 spiro atoms. The third-order valence-electron chi connectivity index (χ3n) is 2.43. The molecule has 94 valence electrons. The molecule has 0 aliphatic heterocycles. The zero-order valence-corrected chi connectivity index (χ0v) is 11.9. The number of rotatable bonds is 5. The summed E-state index contributed by atoms with van der Waals surface area (Å²) in [4.78, 5) is 8.67. The monoisotopic (exact) mass is 319 g/mol. The highest BCUT2D eigenvalue weighted by Gasteiger charge is 2.27. The Kier molecular flexibility index (Phi) is 3.67. The van der Waals surface area contributed by atoms with Crippen LogP contribution in [0, 0.1) is 0 Å². The minimum Gasteiger partial charge on any atom is -0.369 e. The van der Waals surface area contributed by atoms with Gasteiger partial charge in [-0.15, -0.1) is 0 Å². The molecule has 0 radical (unpaired) electrons. The van der Waals surface area contributed by atoms with E-state index >= 15 is 0 Å². The molecule has 0 amide bonds. The van der Waals surface area contributed by atoms with Gasteiger partial charge in [0.1, 0.15) is 26.1 Å². The lowest BCUT2D eigenvalue weighted by Crippen LogP contribution is -2.15. The molecule has 0 aromatic carbocycles. The van der Waals surface area contributed by atoms with Crippen molar-refractivity contribution >= 4 is 31.6 Å². The average molecular weight is 320 g/mol. The van der Waals surface area contributed by atoms with Crippen LogP contribution in [-0.4, -0.2) is 36.9 Å². The number of hydrogen-bond acceptors (Lipinski definition) is 5. The van der Waals surface area contributed by atoms with E-state index in [0.717, 1.165) is 23.3 Å². The normalized spacial score (nSPS) is 15.9. The van der Waals surface area contributed by atoms with Gasteiger partial charge in [-0.2, -0.15) is 0 Å². The van der Waals surface area contributed by atoms with E-state index in [-0.39, 0.29) is 5.75 Å². The first-order chi connectivity index (χ1) is 7.94. The van der Waals surface area contributed by atoms with E-state index in [4.69, 9.17) is 0 Å². The summed E-state index contributed by atoms with van der Waals surface area (Å²) in [6.07, 6.45) is 3.50. The summed E-state index contributed by atoms with van der Waals surface area (Å²) in [5, 5.41) is 3.00. The summed E-state index contributed by atoms with van der Waals surface area (Å²) in [6, 6.07) is 1.76. The van der Waals surface area contributed by atoms with Gasteiger partial charge in [0.15, 0.2) is 0 Å². The van der Waals surface area contributed by atoms with Crippen LogP contribution in [0.5, 0.6) is 0 Å². The molecule has 0 unspecified atom stereocenters. The first-order valence-electron chi connectivity index (χ1n) is 5.40. The Labute approximate surface area is 109 Å². The highest BCUT2D eigenvalue weighted by Crippen LogP contribution is 2.38. The summed E-state index contributed by atoms with van der Waals surface area (Å²) >= 11 is 3.33. The average Bonchev–Trinajstić information content (AvgIpc) is 2.97. The van der Waals surface area contributed by atoms with Crippen LogP contribution in [0.4, 0.5) is 5.82 Å². The van der Waals surface area contributed by atoms with Crippen LogP contribution in [0.3, 0.4) is 0 Å². The second-order valence-corrected chi connectivity index (χ2v) is 7.34. The van der Waals surface area contributed by atoms with Crippen molar-refractivity contribution in [2.45, 2.75) is 18.8 Å². The Bertz CT molecular complexity index is 514. The number of hydrogen-bond donors (Lipinski definition) is 1. The van der Waals surface area contributed by atoms with Crippen LogP contribution in [0.25, 0.3) is 0 Å². The molecule has 1 aliphatic rings. The molecule has 7 heteroatoms. The smallest absolute Gasteiger partial charge is 0.149 e. The molecular formula is C10H14BrN3O2S. The topological polar surface area (TPSA) is 72.0 Å². The van der Waals surface area contributed by atoms with Gasteiger partial charge in [0.2, 0.25) is 0 Å². The molecule has 1 fully saturated rings. The minimum absolute atomic E-state index is 0.105. The minimum atomic E-state index is -2.94. The van der Waals surface area contributed by atoms with Crippen molar-refractivity contribution < 1.29 is 8.42 Å². The predicted octanol–water partition coefficient (Wildman–Crippen LogP) is 1.57. The molecule has 1 aromatic heterocycles. The van der Waals surface area contributed by atoms with E-state index in [0.29, 0.717) is 18.3 Å². The first-order valence-corrected chi connectivity index (χ1v) is 8.25. The Morgan fingerprint density at radius 3 is 2.76 bits per heavy atom. The molecule has 1 heterocycles. The SMILES string of the molecule is CS(=O)(=O)CCNc1cc(Br)nc(C2CC2)n1. The number of anilines is 1. The van der Waals surface area contributed by atoms with Crippen molar-refractivity contribution in [3.63, 3.8) is 0 Å². The molecule has 0 bridgehead atoms. The van der Waals surface area contributed by atoms with Crippen molar-refractivity contribution in [3.05, 3.63) is 16.5 Å². The van der Waals surface area contributed by atoms with Gasteiger partial charge in [-0.1, -0.05) is 0 Å². The van der Waals surface area contributed by atoms with E-state index in [1.807, 2.05) is 0 Å². The number of halogens is 1. The van der Waals surface area contributed by atoms with Gasteiger partial charge in [0.25, 0.3) is 0 Å². The van der Waals surface area contributed by atoms with Gasteiger partial charge in [0, 0.05) is 24.8 Å². The van der Waals surface area contributed by atoms with Crippen LogP contribution < -0.4 is 5.32 Å². The lowest BCUT2D eigenvalue weighted by atomic mass is 10.4. The second kappa shape index (κ2) is 4.89. The van der Waals surface area contributed by atoms with Crippen LogP contribution in [-0.2, 0) is 9.84 Å². The molecule has 17 heavy (non-hydrogen) atoms. The molecule has 5 nitrogen and oxygen atoms in total. The number of aromatic nitrogens is 2. The van der Waals surface area contributed by atoms with E-state index in [1.54, 1.807) is 6.07 Å². The van der Waals surface area contributed by atoms with Gasteiger partial charge in [-0.25, -0.2) is 18.4 Å². The van der Waals surface area contributed by atoms with Crippen molar-refractivity contribution in [2.24, 2.45) is 0 Å². The zero-order chi connectivity index (χ0) is 12.5. The lowest BCUT2D eigenvalue weighted by Gasteiger charge is -2.06. The number of nitrogens with one attached hydrogen (secondary N) is 1. The van der Waals surface area contributed by atoms with Crippen LogP contribution in [0.15, 0.2) is 10.7 Å². The second-order valence-electron chi connectivity index (χ2n) is 4.27. The maximum absolute atomic E-state index is 11.0. The van der Waals surface area contributed by atoms with Crippen molar-refractivity contribution in [2.75, 3.05) is 23.9 Å². The quantitative estimate of drug-likeness (QED) is 0.834. The van der Waals surface area contributed by atoms with Crippen LogP contribution >= 0.6 is 15.9 Å². The molecule has 0 saturated heterocycles. The summed E-state index contributed by atoms with van der Waals surface area (Å²) in [7, 11) is -2.94. The Morgan fingerprint density at radius 2 is 2.18 bits per heavy atom. The zero-order valence-electron chi connectivity index (χ0n) is 9.48. The Hall–Kier alpha value is -0.690. The first kappa shape index (κ1) is 12.8. The van der Waals surface area contributed by atoms with E-state index < -0.39 is 9.84 Å². The highest BCUT2D eigenvalue weighted by atomic mass is 79.9. The van der Waals surface area contributed by atoms with E-state index in [2.05, 4.69) is 31.2 Å². The Morgan fingerprint density at radius 1 is 1.47 bits per heavy atom. The fourth-order valence-electron chi connectivity index (χ4n) is 1.41. The molecule has 1 aliphatic carbocycles. The standard InChI is InChI=1S/C10H14BrN3O2S/c1-17(15,16)5-4-12-9-6-8(11)13-10(14-9)7-2-3-7/h6-7H,2-5H2,1H3,(H,12,13,14). The van der Waals surface area contributed by atoms with Crippen molar-refractivity contribution in [3.8, 4) is 0 Å². The highest BCUT2D eigenvalue weighted by molar-refractivity contribution is 9.10. The molecular weight excluding hydrogens is 306 g/mol. The molecule has 2 rings (SSSR count). The fraction of sp³-hybridized carbons (Fsp3) is 0.600. The molecule has 0 atom stereocenters. The van der Waals surface area contributed by atoms with Crippen LogP contribution in [0.2, 0.25) is 0 Å². The van der Waals surface area contributed by atoms with Crippen LogP contribution in [0.1, 0.15) is 24.6 Å². The summed E-state index contributed by atoms with van der Waals surface area (Å²) in [5.74, 6) is 2.09. The van der Waals surface area contributed by atoms with Gasteiger partial charge in [-0.05, 0) is 28.8 Å². The number of sulfone groups is 1. The Balaban J connectivity index is 2.00. The third-order valence-corrected chi connectivity index (χ3v) is 3.79. The van der Waals surface area contributed by atoms with E-state index in [9.17, 15) is 8.42 Å². The van der Waals surface area contributed by atoms with Gasteiger partial charge < -0.3 is 5.32 Å². The largest absolute Gasteiger partial charge is 0.369 e. The summed E-state index contributed by atoms with van der Waals surface area (Å²) in [5.41, 5.74) is 0. The maximum Gasteiger partial charge on any atom is 0.149 e. The van der Waals surface area contributed by atoms with Crippen molar-refractivity contribution in [1.82, 2.24) is 9.97 Å². The summed E-state index contributed by atoms with van der Waals surface area (Å²) in [6.45, 7) is 0.367. The van der Waals surface area contributed by atoms with Crippen molar-refractivity contribution in [1.29, 1.82) is 0 Å². The predicted molar refractivity (Wildman–Crippen MR) is 69.9 cm³/mol. The summed E-state index contributed by atoms with van der Waals surface area (Å²) < 4.78 is 22.7. The molecule has 1 saturated carbocycles. The van der Waals surface area contributed by atoms with Gasteiger partial charge in [0.05, 0.1) is 5.75 Å². The third kappa shape index (κ3) is 4.23. The van der Waals surface area contributed by atoms with Gasteiger partial charge >= 0.3 is 0 Å².